The highest BCUT2D eigenvalue weighted by Crippen LogP contribution is 2.54. The first-order valence-corrected chi connectivity index (χ1v) is 19.8. The molecule has 0 saturated carbocycles. The molecule has 2 unspecified atom stereocenters. The Bertz CT molecular complexity index is 234. The van der Waals surface area contributed by atoms with Crippen LogP contribution in [0.4, 0.5) is 0 Å². The summed E-state index contributed by atoms with van der Waals surface area (Å²) in [5, 5.41) is 0. The second-order valence-electron chi connectivity index (χ2n) is 4.44. The predicted octanol–water partition coefficient (Wildman–Crippen LogP) is 6.50. The molecule has 2 atom stereocenters. The summed E-state index contributed by atoms with van der Waals surface area (Å²) in [6.07, 6.45) is -3.99. The highest BCUT2D eigenvalue weighted by Gasteiger charge is 2.70. The van der Waals surface area contributed by atoms with E-state index in [-0.39, 0.29) is 11.1 Å². The van der Waals surface area contributed by atoms with Gasteiger partial charge in [0.05, 0.1) is 0 Å². The molecule has 0 heterocycles. The zero-order valence-corrected chi connectivity index (χ0v) is 17.9. The van der Waals surface area contributed by atoms with E-state index in [1.807, 2.05) is 27.7 Å². The van der Waals surface area contributed by atoms with Crippen molar-refractivity contribution in [3.63, 3.8) is 0 Å². The van der Waals surface area contributed by atoms with Gasteiger partial charge in [0.1, 0.15) is 0 Å². The molecular weight excluding hydrogens is 393 g/mol. The number of hydrogen-bond donors (Lipinski definition) is 0. The minimum Gasteiger partial charge on any atom is -0.147 e. The molecule has 0 rings (SSSR count). The molecule has 0 bridgehead atoms. The normalized spacial score (nSPS) is 18.0. The predicted molar refractivity (Wildman–Crippen MR) is 91.8 cm³/mol. The topological polar surface area (TPSA) is 0 Å². The fraction of sp³-hybridized carbons (Fsp3) is 1.00. The Hall–Kier alpha value is 2.39. The van der Waals surface area contributed by atoms with E-state index in [0.29, 0.717) is 0 Å². The van der Waals surface area contributed by atoms with Crippen LogP contribution < -0.4 is 0 Å². The lowest BCUT2D eigenvalue weighted by molar-refractivity contribution is 0.865. The van der Waals surface area contributed by atoms with Crippen LogP contribution in [0.5, 0.6) is 0 Å². The number of halogens is 6. The second kappa shape index (κ2) is 6.90. The van der Waals surface area contributed by atoms with E-state index < -0.39 is 18.2 Å². The third-order valence-corrected chi connectivity index (χ3v) is 61.4. The summed E-state index contributed by atoms with van der Waals surface area (Å²) >= 11 is 39.3. The summed E-state index contributed by atoms with van der Waals surface area (Å²) in [6, 6.07) is 0. The molecule has 0 aliphatic rings. The molecule has 17 heavy (non-hydrogen) atoms. The third-order valence-electron chi connectivity index (χ3n) is 3.30. The molecule has 104 valence electrons. The first kappa shape index (κ1) is 19.4. The summed E-state index contributed by atoms with van der Waals surface area (Å²) in [5.41, 5.74) is -2.85. The van der Waals surface area contributed by atoms with Crippen LogP contribution in [0.15, 0.2) is 0 Å². The molecule has 0 amide bonds. The maximum absolute atomic E-state index is 6.57. The average Bonchev–Trinajstić information content (AvgIpc) is 2.25. The Kier molecular flexibility index (Phi) is 7.87. The lowest BCUT2D eigenvalue weighted by Gasteiger charge is -2.40. The quantitative estimate of drug-likeness (QED) is 0.346. The molecular formula is C8H18Cl6Si3. The fourth-order valence-electron chi connectivity index (χ4n) is 1.35. The van der Waals surface area contributed by atoms with Crippen LogP contribution in [0.2, 0.25) is 11.1 Å². The van der Waals surface area contributed by atoms with E-state index in [4.69, 9.17) is 66.5 Å². The Morgan fingerprint density at radius 1 is 0.706 bits per heavy atom. The van der Waals surface area contributed by atoms with Gasteiger partial charge in [0, 0.05) is 0 Å². The third kappa shape index (κ3) is 3.73. The summed E-state index contributed by atoms with van der Waals surface area (Å²) < 4.78 is 0. The van der Waals surface area contributed by atoms with Crippen LogP contribution in [0, 0.1) is 0 Å². The Morgan fingerprint density at radius 2 is 0.941 bits per heavy atom. The minimum absolute atomic E-state index is 0.0981. The number of hydrogen-bond acceptors (Lipinski definition) is 0. The van der Waals surface area contributed by atoms with E-state index in [1.165, 1.54) is 0 Å². The molecule has 0 aromatic heterocycles. The molecule has 0 nitrogen and oxygen atoms in total. The van der Waals surface area contributed by atoms with Crippen molar-refractivity contribution >= 4 is 84.6 Å². The molecule has 0 spiro atoms. The molecule has 9 heteroatoms. The lowest BCUT2D eigenvalue weighted by Crippen LogP contribution is -2.65. The van der Waals surface area contributed by atoms with Gasteiger partial charge in [0.2, 0.25) is 0 Å². The van der Waals surface area contributed by atoms with E-state index in [0.717, 1.165) is 12.8 Å². The van der Waals surface area contributed by atoms with Crippen LogP contribution in [-0.4, -0.2) is 18.2 Å². The van der Waals surface area contributed by atoms with Gasteiger partial charge in [0.25, 0.3) is 18.2 Å². The van der Waals surface area contributed by atoms with Crippen molar-refractivity contribution in [3.05, 3.63) is 0 Å². The minimum atomic E-state index is -3.04. The van der Waals surface area contributed by atoms with Crippen molar-refractivity contribution in [2.75, 3.05) is 0 Å². The van der Waals surface area contributed by atoms with Gasteiger partial charge >= 0.3 is 0 Å². The largest absolute Gasteiger partial charge is 0.296 e. The van der Waals surface area contributed by atoms with E-state index in [1.54, 1.807) is 0 Å². The van der Waals surface area contributed by atoms with Crippen LogP contribution in [0.25, 0.3) is 0 Å². The smallest absolute Gasteiger partial charge is 0.147 e. The zero-order chi connectivity index (χ0) is 14.1. The lowest BCUT2D eigenvalue weighted by atomic mass is 10.4. The van der Waals surface area contributed by atoms with Gasteiger partial charge in [-0.25, -0.2) is 0 Å². The van der Waals surface area contributed by atoms with E-state index in [2.05, 4.69) is 0 Å². The molecule has 0 saturated heterocycles. The molecule has 0 fully saturated rings. The van der Waals surface area contributed by atoms with E-state index in [9.17, 15) is 0 Å². The molecule has 0 N–H and O–H groups in total. The Morgan fingerprint density at radius 3 is 1.12 bits per heavy atom. The highest BCUT2D eigenvalue weighted by atomic mass is 35.8. The fourth-order valence-corrected chi connectivity index (χ4v) is 48.6. The van der Waals surface area contributed by atoms with Crippen LogP contribution in [0.3, 0.4) is 0 Å². The van der Waals surface area contributed by atoms with Gasteiger partial charge in [-0.15, -0.1) is 66.5 Å². The van der Waals surface area contributed by atoms with Gasteiger partial charge in [-0.2, -0.15) is 0 Å². The molecule has 0 radical (unpaired) electrons. The van der Waals surface area contributed by atoms with Crippen molar-refractivity contribution < 1.29 is 0 Å². The van der Waals surface area contributed by atoms with Crippen molar-refractivity contribution in [2.24, 2.45) is 0 Å². The first-order chi connectivity index (χ1) is 7.46. The van der Waals surface area contributed by atoms with Gasteiger partial charge in [0.15, 0.2) is 0 Å². The van der Waals surface area contributed by atoms with Crippen molar-refractivity contribution in [2.45, 2.75) is 51.6 Å². The van der Waals surface area contributed by atoms with Crippen LogP contribution in [0.1, 0.15) is 40.5 Å². The number of rotatable bonds is 6. The Labute approximate surface area is 135 Å². The van der Waals surface area contributed by atoms with Crippen LogP contribution in [-0.2, 0) is 0 Å². The van der Waals surface area contributed by atoms with Crippen molar-refractivity contribution in [1.82, 2.24) is 0 Å². The highest BCUT2D eigenvalue weighted by molar-refractivity contribution is 8.15. The summed E-state index contributed by atoms with van der Waals surface area (Å²) in [6.45, 7) is 8.00. The SMILES string of the molecule is CCC(C)[Si](Cl)(Cl)[Si](Cl)(Cl)[Si](Cl)(Cl)C(C)CC. The van der Waals surface area contributed by atoms with Crippen molar-refractivity contribution in [1.29, 1.82) is 0 Å². The molecule has 0 aliphatic carbocycles. The first-order valence-electron chi connectivity index (χ1n) is 5.60. The van der Waals surface area contributed by atoms with Crippen molar-refractivity contribution in [3.8, 4) is 0 Å². The van der Waals surface area contributed by atoms with E-state index >= 15 is 0 Å². The van der Waals surface area contributed by atoms with Crippen LogP contribution >= 0.6 is 66.5 Å². The molecule has 0 aromatic carbocycles. The maximum Gasteiger partial charge on any atom is 0.296 e. The maximum atomic E-state index is 6.57. The van der Waals surface area contributed by atoms with Gasteiger partial charge in [-0.1, -0.05) is 40.5 Å². The summed E-state index contributed by atoms with van der Waals surface area (Å²) in [7, 11) is 0. The Balaban J connectivity index is 5.38. The zero-order valence-electron chi connectivity index (χ0n) is 10.3. The monoisotopic (exact) mass is 408 g/mol. The summed E-state index contributed by atoms with van der Waals surface area (Å²) in [4.78, 5) is 0. The van der Waals surface area contributed by atoms with Gasteiger partial charge in [-0.3, -0.25) is 0 Å². The molecule has 0 aromatic rings. The second-order valence-corrected chi connectivity index (χ2v) is 40.7. The summed E-state index contributed by atoms with van der Waals surface area (Å²) in [5.74, 6) is 0. The van der Waals surface area contributed by atoms with Gasteiger partial charge < -0.3 is 0 Å². The van der Waals surface area contributed by atoms with Gasteiger partial charge in [-0.05, 0) is 11.1 Å². The average molecular weight is 411 g/mol. The molecule has 0 aliphatic heterocycles. The standard InChI is InChI=1S/C8H18Cl6Si3/c1-5-7(3)15(9,10)17(13,14)16(11,12)8(4)6-2/h7-8H,5-6H2,1-4H3.